The summed E-state index contributed by atoms with van der Waals surface area (Å²) in [6.45, 7) is 3.18. The summed E-state index contributed by atoms with van der Waals surface area (Å²) in [5.41, 5.74) is -2.14. The van der Waals surface area contributed by atoms with Gasteiger partial charge in [-0.1, -0.05) is 25.4 Å². The third kappa shape index (κ3) is 6.31. The quantitative estimate of drug-likeness (QED) is 0.303. The predicted molar refractivity (Wildman–Crippen MR) is 150 cm³/mol. The molecule has 4 N–H and O–H groups in total. The lowest BCUT2D eigenvalue weighted by Crippen LogP contribution is -2.54. The molecule has 2 aromatic carbocycles. The lowest BCUT2D eigenvalue weighted by molar-refractivity contribution is -0.125. The van der Waals surface area contributed by atoms with Gasteiger partial charge in [0.2, 0.25) is 5.91 Å². The van der Waals surface area contributed by atoms with Gasteiger partial charge >= 0.3 is 6.09 Å². The standard InChI is InChI=1S/C28H31ClF3N3O7S/c1-13(2)24(35-27(38)42-3)26(37)33-12-28(39)15-5-6-17(28)21(9-15)43(40,41)22-8-14(4-7-18(22)29)25(36)34-16-10-19(30)23(32)20(31)11-16/h4,7-8,10-11,13,15,17,21,24,39H,5-6,9,12H2,1-3H3,(H,33,37)(H,34,36)(H,35,38)/t15?,17?,21?,24-,28+/m0/s1. The van der Waals surface area contributed by atoms with E-state index in [0.717, 1.165) is 13.2 Å². The zero-order valence-corrected chi connectivity index (χ0v) is 25.0. The first-order valence-corrected chi connectivity index (χ1v) is 15.4. The summed E-state index contributed by atoms with van der Waals surface area (Å²) in [6, 6.07) is 3.64. The van der Waals surface area contributed by atoms with E-state index >= 15 is 0 Å². The number of aliphatic hydroxyl groups is 1. The van der Waals surface area contributed by atoms with Crippen molar-refractivity contribution in [3.8, 4) is 0 Å². The summed E-state index contributed by atoms with van der Waals surface area (Å²) < 4.78 is 72.7. The molecule has 2 bridgehead atoms. The Morgan fingerprint density at radius 2 is 1.77 bits per heavy atom. The topological polar surface area (TPSA) is 151 Å². The number of benzene rings is 2. The third-order valence-corrected chi connectivity index (χ3v) is 10.9. The van der Waals surface area contributed by atoms with Crippen LogP contribution in [0.2, 0.25) is 5.02 Å². The fraction of sp³-hybridized carbons (Fsp3) is 0.464. The van der Waals surface area contributed by atoms with E-state index in [0.29, 0.717) is 25.0 Å². The second-order valence-corrected chi connectivity index (χ2v) is 13.7. The van der Waals surface area contributed by atoms with Crippen molar-refractivity contribution in [2.24, 2.45) is 17.8 Å². The maximum atomic E-state index is 13.9. The third-order valence-electron chi connectivity index (χ3n) is 8.23. The van der Waals surface area contributed by atoms with Gasteiger partial charge in [0.25, 0.3) is 5.91 Å². The van der Waals surface area contributed by atoms with E-state index in [9.17, 15) is 41.1 Å². The molecule has 0 spiro atoms. The van der Waals surface area contributed by atoms with Crippen molar-refractivity contribution in [1.29, 1.82) is 0 Å². The van der Waals surface area contributed by atoms with Gasteiger partial charge in [0.1, 0.15) is 6.04 Å². The predicted octanol–water partition coefficient (Wildman–Crippen LogP) is 3.81. The van der Waals surface area contributed by atoms with Gasteiger partial charge in [0, 0.05) is 35.8 Å². The molecule has 3 unspecified atom stereocenters. The molecule has 15 heteroatoms. The Bertz CT molecular complexity index is 1530. The van der Waals surface area contributed by atoms with E-state index in [2.05, 4.69) is 20.7 Å². The molecule has 0 heterocycles. The lowest BCUT2D eigenvalue weighted by atomic mass is 9.91. The first kappa shape index (κ1) is 32.6. The highest BCUT2D eigenvalue weighted by Crippen LogP contribution is 2.55. The number of nitrogens with one attached hydrogen (secondary N) is 3. The number of fused-ring (bicyclic) bond motifs is 2. The number of anilines is 1. The van der Waals surface area contributed by atoms with Crippen LogP contribution in [-0.4, -0.2) is 62.0 Å². The lowest BCUT2D eigenvalue weighted by Gasteiger charge is -2.31. The molecule has 234 valence electrons. The molecule has 10 nitrogen and oxygen atoms in total. The molecule has 0 radical (unpaired) electrons. The number of halogens is 4. The van der Waals surface area contributed by atoms with Crippen LogP contribution >= 0.6 is 11.6 Å². The Balaban J connectivity index is 1.53. The minimum atomic E-state index is -4.23. The molecule has 4 rings (SSSR count). The highest BCUT2D eigenvalue weighted by molar-refractivity contribution is 7.92. The number of ether oxygens (including phenoxy) is 1. The van der Waals surface area contributed by atoms with Gasteiger partial charge in [0.05, 0.1) is 27.9 Å². The number of rotatable bonds is 9. The van der Waals surface area contributed by atoms with E-state index in [4.69, 9.17) is 11.6 Å². The van der Waals surface area contributed by atoms with Crippen LogP contribution in [0, 0.1) is 35.2 Å². The van der Waals surface area contributed by atoms with Crippen LogP contribution in [0.15, 0.2) is 35.2 Å². The Hall–Kier alpha value is -3.36. The van der Waals surface area contributed by atoms with Crippen molar-refractivity contribution in [3.63, 3.8) is 0 Å². The number of hydrogen-bond acceptors (Lipinski definition) is 7. The molecule has 0 aromatic heterocycles. The van der Waals surface area contributed by atoms with Gasteiger partial charge in [-0.3, -0.25) is 9.59 Å². The van der Waals surface area contributed by atoms with Gasteiger partial charge in [-0.15, -0.1) is 0 Å². The minimum absolute atomic E-state index is 0.0777. The van der Waals surface area contributed by atoms with E-state index < -0.39 is 73.9 Å². The molecule has 2 aromatic rings. The molecular formula is C28H31ClF3N3O7S. The zero-order valence-electron chi connectivity index (χ0n) is 23.4. The summed E-state index contributed by atoms with van der Waals surface area (Å²) in [5.74, 6) is -7.78. The SMILES string of the molecule is COC(=O)N[C@H](C(=O)NC[C@@]1(O)C2CCC1C(S(=O)(=O)c1cc(C(=O)Nc3cc(F)c(F)c(F)c3)ccc1Cl)C2)C(C)C. The monoisotopic (exact) mass is 645 g/mol. The molecule has 0 saturated heterocycles. The average molecular weight is 646 g/mol. The fourth-order valence-corrected chi connectivity index (χ4v) is 8.68. The smallest absolute Gasteiger partial charge is 0.407 e. The van der Waals surface area contributed by atoms with Crippen LogP contribution in [0.4, 0.5) is 23.7 Å². The number of carbonyl (C=O) groups excluding carboxylic acids is 3. The maximum Gasteiger partial charge on any atom is 0.407 e. The largest absolute Gasteiger partial charge is 0.453 e. The zero-order chi connectivity index (χ0) is 31.9. The van der Waals surface area contributed by atoms with Crippen molar-refractivity contribution < 1.29 is 45.8 Å². The van der Waals surface area contributed by atoms with Gasteiger partial charge in [-0.2, -0.15) is 0 Å². The number of sulfone groups is 1. The maximum absolute atomic E-state index is 13.9. The average Bonchev–Trinajstić information content (AvgIpc) is 3.42. The Labute approximate surface area is 251 Å². The van der Waals surface area contributed by atoms with Crippen LogP contribution in [-0.2, 0) is 19.4 Å². The van der Waals surface area contributed by atoms with E-state index in [-0.39, 0.29) is 40.1 Å². The first-order valence-electron chi connectivity index (χ1n) is 13.4. The van der Waals surface area contributed by atoms with Crippen molar-refractivity contribution in [2.75, 3.05) is 19.0 Å². The van der Waals surface area contributed by atoms with Crippen molar-refractivity contribution >= 4 is 45.0 Å². The summed E-state index contributed by atoms with van der Waals surface area (Å²) in [7, 11) is -3.08. The van der Waals surface area contributed by atoms with E-state index in [1.54, 1.807) is 13.8 Å². The summed E-state index contributed by atoms with van der Waals surface area (Å²) in [5, 5.41) is 17.7. The van der Waals surface area contributed by atoms with Crippen LogP contribution < -0.4 is 16.0 Å². The second kappa shape index (κ2) is 12.3. The number of alkyl carbamates (subject to hydrolysis) is 1. The number of hydrogen-bond donors (Lipinski definition) is 4. The van der Waals surface area contributed by atoms with Crippen molar-refractivity contribution in [3.05, 3.63) is 58.4 Å². The van der Waals surface area contributed by atoms with Crippen LogP contribution in [0.1, 0.15) is 43.5 Å². The number of carbonyl (C=O) groups is 3. The molecule has 2 aliphatic rings. The first-order chi connectivity index (χ1) is 20.1. The van der Waals surface area contributed by atoms with Gasteiger partial charge in [-0.05, 0) is 49.3 Å². The molecular weight excluding hydrogens is 615 g/mol. The van der Waals surface area contributed by atoms with Gasteiger partial charge < -0.3 is 25.8 Å². The highest BCUT2D eigenvalue weighted by Gasteiger charge is 2.62. The highest BCUT2D eigenvalue weighted by atomic mass is 35.5. The van der Waals surface area contributed by atoms with Crippen molar-refractivity contribution in [1.82, 2.24) is 10.6 Å². The van der Waals surface area contributed by atoms with Crippen molar-refractivity contribution in [2.45, 2.75) is 54.9 Å². The molecule has 2 aliphatic carbocycles. The van der Waals surface area contributed by atoms with E-state index in [1.807, 2.05) is 0 Å². The Kier molecular flexibility index (Phi) is 9.33. The molecule has 5 atom stereocenters. The number of amides is 3. The number of methoxy groups -OCH3 is 1. The molecule has 2 fully saturated rings. The molecule has 43 heavy (non-hydrogen) atoms. The van der Waals surface area contributed by atoms with Crippen LogP contribution in [0.25, 0.3) is 0 Å². The summed E-state index contributed by atoms with van der Waals surface area (Å²) in [6.07, 6.45) is 0.158. The Morgan fingerprint density at radius 1 is 1.12 bits per heavy atom. The molecule has 2 saturated carbocycles. The molecule has 3 amide bonds. The molecule has 0 aliphatic heterocycles. The van der Waals surface area contributed by atoms with Gasteiger partial charge in [0.15, 0.2) is 27.3 Å². The van der Waals surface area contributed by atoms with Gasteiger partial charge in [-0.25, -0.2) is 26.4 Å². The second-order valence-electron chi connectivity index (χ2n) is 11.1. The summed E-state index contributed by atoms with van der Waals surface area (Å²) >= 11 is 6.26. The normalized spacial score (nSPS) is 23.6. The minimum Gasteiger partial charge on any atom is -0.453 e. The summed E-state index contributed by atoms with van der Waals surface area (Å²) in [4.78, 5) is 37.0. The Morgan fingerprint density at radius 3 is 2.37 bits per heavy atom. The fourth-order valence-electron chi connectivity index (χ4n) is 5.99. The van der Waals surface area contributed by atoms with E-state index in [1.165, 1.54) is 12.1 Å². The van der Waals surface area contributed by atoms with Crippen LogP contribution in [0.5, 0.6) is 0 Å². The van der Waals surface area contributed by atoms with Crippen LogP contribution in [0.3, 0.4) is 0 Å².